The van der Waals surface area contributed by atoms with E-state index in [0.717, 1.165) is 29.0 Å². The molecule has 0 aliphatic heterocycles. The predicted octanol–water partition coefficient (Wildman–Crippen LogP) is 6.83. The molecule has 3 amide bonds. The summed E-state index contributed by atoms with van der Waals surface area (Å²) in [4.78, 5) is 24.2. The Morgan fingerprint density at radius 2 is 1.52 bits per heavy atom. The van der Waals surface area contributed by atoms with E-state index in [1.54, 1.807) is 37.3 Å². The Morgan fingerprint density at radius 1 is 0.848 bits per heavy atom. The van der Waals surface area contributed by atoms with E-state index in [2.05, 4.69) is 5.32 Å². The highest BCUT2D eigenvalue weighted by Gasteiger charge is 2.19. The largest absolute Gasteiger partial charge is 0.456 e. The van der Waals surface area contributed by atoms with Crippen LogP contribution in [0.25, 0.3) is 10.8 Å². The van der Waals surface area contributed by atoms with Crippen LogP contribution in [0.1, 0.15) is 15.9 Å². The average Bonchev–Trinajstić information content (AvgIpc) is 2.77. The standard InChI is InChI=1S/C25H17ClF2N2O3/c1-14-13-15(29-25(32)30-24(31)23-19(27)7-4-8-20(23)28)9-11-21(14)33-22-12-10-18(26)16-5-2-3-6-17(16)22/h2-13H,1H3,(H2,29,30,31,32). The maximum Gasteiger partial charge on any atom is 0.326 e. The van der Waals surface area contributed by atoms with E-state index in [9.17, 15) is 18.4 Å². The molecule has 0 unspecified atom stereocenters. The lowest BCUT2D eigenvalue weighted by Gasteiger charge is -2.13. The molecule has 0 heterocycles. The topological polar surface area (TPSA) is 67.4 Å². The fourth-order valence-corrected chi connectivity index (χ4v) is 3.55. The summed E-state index contributed by atoms with van der Waals surface area (Å²) in [6, 6.07) is 18.0. The number of urea groups is 1. The van der Waals surface area contributed by atoms with Crippen molar-refractivity contribution in [2.45, 2.75) is 6.92 Å². The summed E-state index contributed by atoms with van der Waals surface area (Å²) in [6.07, 6.45) is 0. The molecule has 0 saturated carbocycles. The number of imide groups is 1. The van der Waals surface area contributed by atoms with Gasteiger partial charge in [-0.05, 0) is 55.0 Å². The number of rotatable bonds is 4. The van der Waals surface area contributed by atoms with Gasteiger partial charge in [0.1, 0.15) is 28.7 Å². The minimum Gasteiger partial charge on any atom is -0.456 e. The molecule has 8 heteroatoms. The number of ether oxygens (including phenoxy) is 1. The van der Waals surface area contributed by atoms with Crippen molar-refractivity contribution in [3.05, 3.63) is 101 Å². The Labute approximate surface area is 192 Å². The highest BCUT2D eigenvalue weighted by molar-refractivity contribution is 6.35. The van der Waals surface area contributed by atoms with Crippen molar-refractivity contribution in [3.63, 3.8) is 0 Å². The van der Waals surface area contributed by atoms with Crippen molar-refractivity contribution in [1.29, 1.82) is 0 Å². The summed E-state index contributed by atoms with van der Waals surface area (Å²) >= 11 is 6.26. The van der Waals surface area contributed by atoms with Gasteiger partial charge in [0.05, 0.1) is 0 Å². The van der Waals surface area contributed by atoms with E-state index in [4.69, 9.17) is 16.3 Å². The van der Waals surface area contributed by atoms with Gasteiger partial charge >= 0.3 is 6.03 Å². The third-order valence-corrected chi connectivity index (χ3v) is 5.23. The Hall–Kier alpha value is -3.97. The fraction of sp³-hybridized carbons (Fsp3) is 0.0400. The highest BCUT2D eigenvalue weighted by Crippen LogP contribution is 2.35. The molecule has 4 aromatic rings. The quantitative estimate of drug-likeness (QED) is 0.346. The molecule has 166 valence electrons. The van der Waals surface area contributed by atoms with Crippen molar-refractivity contribution in [1.82, 2.24) is 5.32 Å². The minimum atomic E-state index is -1.19. The van der Waals surface area contributed by atoms with Crippen LogP contribution < -0.4 is 15.4 Å². The van der Waals surface area contributed by atoms with Gasteiger partial charge in [-0.25, -0.2) is 13.6 Å². The van der Waals surface area contributed by atoms with Crippen LogP contribution in [0, 0.1) is 18.6 Å². The zero-order valence-electron chi connectivity index (χ0n) is 17.3. The van der Waals surface area contributed by atoms with Crippen LogP contribution in [-0.4, -0.2) is 11.9 Å². The molecule has 33 heavy (non-hydrogen) atoms. The number of nitrogens with one attached hydrogen (secondary N) is 2. The first-order valence-corrected chi connectivity index (χ1v) is 10.2. The van der Waals surface area contributed by atoms with Crippen molar-refractivity contribution in [3.8, 4) is 11.5 Å². The van der Waals surface area contributed by atoms with Crippen molar-refractivity contribution >= 4 is 40.0 Å². The second-order valence-electron chi connectivity index (χ2n) is 7.18. The van der Waals surface area contributed by atoms with E-state index in [-0.39, 0.29) is 0 Å². The molecule has 0 fully saturated rings. The monoisotopic (exact) mass is 466 g/mol. The van der Waals surface area contributed by atoms with E-state index in [1.165, 1.54) is 0 Å². The van der Waals surface area contributed by atoms with Gasteiger partial charge < -0.3 is 10.1 Å². The number of amides is 3. The van der Waals surface area contributed by atoms with E-state index in [1.807, 2.05) is 29.6 Å². The Bertz CT molecular complexity index is 1370. The first-order chi connectivity index (χ1) is 15.8. The van der Waals surface area contributed by atoms with Crippen molar-refractivity contribution in [2.24, 2.45) is 0 Å². The van der Waals surface area contributed by atoms with Gasteiger partial charge in [0.25, 0.3) is 5.91 Å². The van der Waals surface area contributed by atoms with Crippen LogP contribution in [0.5, 0.6) is 11.5 Å². The zero-order valence-corrected chi connectivity index (χ0v) is 18.0. The maximum atomic E-state index is 13.7. The highest BCUT2D eigenvalue weighted by atomic mass is 35.5. The van der Waals surface area contributed by atoms with Crippen LogP contribution >= 0.6 is 11.6 Å². The summed E-state index contributed by atoms with van der Waals surface area (Å²) in [7, 11) is 0. The molecule has 4 rings (SSSR count). The number of fused-ring (bicyclic) bond motifs is 1. The lowest BCUT2D eigenvalue weighted by atomic mass is 10.1. The van der Waals surface area contributed by atoms with E-state index in [0.29, 0.717) is 27.8 Å². The minimum absolute atomic E-state index is 0.361. The number of anilines is 1. The fourth-order valence-electron chi connectivity index (χ4n) is 3.33. The number of halogens is 3. The Morgan fingerprint density at radius 3 is 2.21 bits per heavy atom. The molecule has 4 aromatic carbocycles. The van der Waals surface area contributed by atoms with Crippen molar-refractivity contribution in [2.75, 3.05) is 5.32 Å². The summed E-state index contributed by atoms with van der Waals surface area (Å²) in [5.74, 6) is -2.14. The van der Waals surface area contributed by atoms with Gasteiger partial charge in [-0.2, -0.15) is 0 Å². The third-order valence-electron chi connectivity index (χ3n) is 4.90. The van der Waals surface area contributed by atoms with Crippen LogP contribution in [-0.2, 0) is 0 Å². The predicted molar refractivity (Wildman–Crippen MR) is 123 cm³/mol. The molecule has 0 aliphatic carbocycles. The number of hydrogen-bond acceptors (Lipinski definition) is 3. The lowest BCUT2D eigenvalue weighted by Crippen LogP contribution is -2.35. The smallest absolute Gasteiger partial charge is 0.326 e. The zero-order chi connectivity index (χ0) is 23.5. The molecule has 2 N–H and O–H groups in total. The number of carbonyl (C=O) groups excluding carboxylic acids is 2. The third kappa shape index (κ3) is 4.78. The van der Waals surface area contributed by atoms with Crippen LogP contribution in [0.3, 0.4) is 0 Å². The summed E-state index contributed by atoms with van der Waals surface area (Å²) in [6.45, 7) is 1.79. The molecular formula is C25H17ClF2N2O3. The van der Waals surface area contributed by atoms with Gasteiger partial charge in [-0.15, -0.1) is 0 Å². The first-order valence-electron chi connectivity index (χ1n) is 9.85. The lowest BCUT2D eigenvalue weighted by molar-refractivity contribution is 0.0959. The Balaban J connectivity index is 1.48. The molecule has 0 bridgehead atoms. The second kappa shape index (κ2) is 9.26. The summed E-state index contributed by atoms with van der Waals surface area (Å²) < 4.78 is 33.5. The van der Waals surface area contributed by atoms with Crippen LogP contribution in [0.2, 0.25) is 5.02 Å². The number of carbonyl (C=O) groups is 2. The normalized spacial score (nSPS) is 10.7. The van der Waals surface area contributed by atoms with Crippen LogP contribution in [0.4, 0.5) is 19.3 Å². The maximum absolute atomic E-state index is 13.7. The van der Waals surface area contributed by atoms with Gasteiger partial charge in [0, 0.05) is 21.5 Å². The van der Waals surface area contributed by atoms with Crippen molar-refractivity contribution < 1.29 is 23.1 Å². The van der Waals surface area contributed by atoms with E-state index < -0.39 is 29.1 Å². The molecule has 0 saturated heterocycles. The Kier molecular flexibility index (Phi) is 6.24. The summed E-state index contributed by atoms with van der Waals surface area (Å²) in [5.41, 5.74) is 0.237. The number of hydrogen-bond donors (Lipinski definition) is 2. The average molecular weight is 467 g/mol. The summed E-state index contributed by atoms with van der Waals surface area (Å²) in [5, 5.41) is 6.70. The van der Waals surface area contributed by atoms with Gasteiger partial charge in [0.2, 0.25) is 0 Å². The van der Waals surface area contributed by atoms with E-state index >= 15 is 0 Å². The molecular weight excluding hydrogens is 450 g/mol. The van der Waals surface area contributed by atoms with Gasteiger partial charge in [-0.1, -0.05) is 41.9 Å². The molecule has 5 nitrogen and oxygen atoms in total. The van der Waals surface area contributed by atoms with Crippen LogP contribution in [0.15, 0.2) is 72.8 Å². The number of benzene rings is 4. The first kappa shape index (κ1) is 22.2. The number of aryl methyl sites for hydroxylation is 1. The SMILES string of the molecule is Cc1cc(NC(=O)NC(=O)c2c(F)cccc2F)ccc1Oc1ccc(Cl)c2ccccc12. The molecule has 0 aromatic heterocycles. The molecule has 0 radical (unpaired) electrons. The van der Waals surface area contributed by atoms with Gasteiger partial charge in [-0.3, -0.25) is 10.1 Å². The second-order valence-corrected chi connectivity index (χ2v) is 7.59. The molecule has 0 atom stereocenters. The molecule has 0 aliphatic rings. The molecule has 0 spiro atoms. The van der Waals surface area contributed by atoms with Gasteiger partial charge in [0.15, 0.2) is 0 Å².